The van der Waals surface area contributed by atoms with Gasteiger partial charge < -0.3 is 15.0 Å². The Kier molecular flexibility index (Phi) is 10.8. The number of amides is 2. The maximum Gasteiger partial charge on any atom is 0.243 e. The van der Waals surface area contributed by atoms with E-state index in [1.54, 1.807) is 41.3 Å². The zero-order valence-corrected chi connectivity index (χ0v) is 25.7. The van der Waals surface area contributed by atoms with E-state index in [-0.39, 0.29) is 41.6 Å². The van der Waals surface area contributed by atoms with Gasteiger partial charge in [0.05, 0.1) is 11.0 Å². The van der Waals surface area contributed by atoms with Crippen molar-refractivity contribution >= 4 is 21.8 Å². The summed E-state index contributed by atoms with van der Waals surface area (Å²) in [7, 11) is -3.52. The normalized spacial score (nSPS) is 17.8. The van der Waals surface area contributed by atoms with Crippen LogP contribution in [0.5, 0.6) is 0 Å². The number of hydrogen-bond donors (Lipinski definition) is 1. The van der Waals surface area contributed by atoms with Crippen LogP contribution < -0.4 is 5.32 Å². The van der Waals surface area contributed by atoms with Gasteiger partial charge in [-0.05, 0) is 73.1 Å². The molecule has 0 saturated carbocycles. The SMILES string of the molecule is O=C(NC[C@@H]1CCCO1)[C@H](Cc1ccccc1)N(Cc1ccc(F)cc1)C(=O)CCc1ccc(S(=O)(=O)N2CCCC2)cc1. The van der Waals surface area contributed by atoms with Gasteiger partial charge in [-0.3, -0.25) is 9.59 Å². The molecule has 234 valence electrons. The highest BCUT2D eigenvalue weighted by molar-refractivity contribution is 7.89. The zero-order chi connectivity index (χ0) is 30.9. The van der Waals surface area contributed by atoms with Crippen molar-refractivity contribution in [1.29, 1.82) is 0 Å². The van der Waals surface area contributed by atoms with Crippen molar-refractivity contribution in [2.75, 3.05) is 26.2 Å². The second kappa shape index (κ2) is 14.9. The molecule has 0 radical (unpaired) electrons. The quantitative estimate of drug-likeness (QED) is 0.304. The number of sulfonamides is 1. The van der Waals surface area contributed by atoms with Crippen molar-refractivity contribution in [3.05, 3.63) is 101 Å². The molecule has 2 atom stereocenters. The summed E-state index contributed by atoms with van der Waals surface area (Å²) in [6, 6.07) is 21.4. The van der Waals surface area contributed by atoms with Gasteiger partial charge in [-0.1, -0.05) is 54.6 Å². The Morgan fingerprint density at radius 1 is 0.909 bits per heavy atom. The number of hydrogen-bond acceptors (Lipinski definition) is 5. The number of aryl methyl sites for hydroxylation is 1. The van der Waals surface area contributed by atoms with E-state index in [0.29, 0.717) is 44.6 Å². The van der Waals surface area contributed by atoms with Crippen LogP contribution in [0.15, 0.2) is 83.8 Å². The summed E-state index contributed by atoms with van der Waals surface area (Å²) >= 11 is 0. The van der Waals surface area contributed by atoms with E-state index in [9.17, 15) is 22.4 Å². The zero-order valence-electron chi connectivity index (χ0n) is 24.9. The molecule has 1 N–H and O–H groups in total. The fourth-order valence-corrected chi connectivity index (χ4v) is 7.30. The molecule has 2 saturated heterocycles. The van der Waals surface area contributed by atoms with Gasteiger partial charge in [0.15, 0.2) is 0 Å². The second-order valence-electron chi connectivity index (χ2n) is 11.5. The van der Waals surface area contributed by atoms with Crippen molar-refractivity contribution < 1.29 is 27.1 Å². The molecule has 2 aliphatic heterocycles. The monoisotopic (exact) mass is 621 g/mol. The van der Waals surface area contributed by atoms with Crippen LogP contribution in [0.2, 0.25) is 0 Å². The maximum absolute atomic E-state index is 13.9. The minimum absolute atomic E-state index is 0.0465. The predicted molar refractivity (Wildman–Crippen MR) is 166 cm³/mol. The van der Waals surface area contributed by atoms with Crippen LogP contribution in [-0.4, -0.2) is 67.8 Å². The van der Waals surface area contributed by atoms with E-state index in [1.165, 1.54) is 16.4 Å². The van der Waals surface area contributed by atoms with Crippen molar-refractivity contribution in [1.82, 2.24) is 14.5 Å². The first-order valence-corrected chi connectivity index (χ1v) is 16.8. The molecule has 10 heteroatoms. The Morgan fingerprint density at radius 2 is 1.59 bits per heavy atom. The topological polar surface area (TPSA) is 96.0 Å². The summed E-state index contributed by atoms with van der Waals surface area (Å²) in [6.07, 6.45) is 4.32. The van der Waals surface area contributed by atoms with Crippen molar-refractivity contribution in [2.24, 2.45) is 0 Å². The van der Waals surface area contributed by atoms with Gasteiger partial charge in [0.25, 0.3) is 0 Å². The summed E-state index contributed by atoms with van der Waals surface area (Å²) in [4.78, 5) is 29.5. The highest BCUT2D eigenvalue weighted by Gasteiger charge is 2.31. The van der Waals surface area contributed by atoms with Crippen molar-refractivity contribution in [3.8, 4) is 0 Å². The summed E-state index contributed by atoms with van der Waals surface area (Å²) in [6.45, 7) is 2.25. The summed E-state index contributed by atoms with van der Waals surface area (Å²) in [5.41, 5.74) is 2.44. The van der Waals surface area contributed by atoms with E-state index in [4.69, 9.17) is 4.74 Å². The Balaban J connectivity index is 1.34. The molecular weight excluding hydrogens is 581 g/mol. The minimum atomic E-state index is -3.52. The number of nitrogens with one attached hydrogen (secondary N) is 1. The number of carbonyl (C=O) groups is 2. The molecule has 0 bridgehead atoms. The molecule has 3 aromatic rings. The number of halogens is 1. The number of carbonyl (C=O) groups excluding carboxylic acids is 2. The average Bonchev–Trinajstić information content (AvgIpc) is 3.78. The van der Waals surface area contributed by atoms with Crippen LogP contribution in [0.4, 0.5) is 4.39 Å². The molecule has 3 aromatic carbocycles. The van der Waals surface area contributed by atoms with Crippen molar-refractivity contribution in [2.45, 2.75) is 68.5 Å². The Bertz CT molecular complexity index is 1490. The third-order valence-corrected chi connectivity index (χ3v) is 10.2. The molecule has 8 nitrogen and oxygen atoms in total. The standard InChI is InChI=1S/C34H40FN3O5S/c35-29-15-10-28(11-16-29)25-38(32(23-27-7-2-1-3-8-27)34(40)36-24-30-9-6-22-43-30)33(39)19-14-26-12-17-31(18-13-26)44(41,42)37-20-4-5-21-37/h1-3,7-8,10-13,15-18,30,32H,4-6,9,14,19-25H2,(H,36,40)/t30-,32-/m0/s1. The summed E-state index contributed by atoms with van der Waals surface area (Å²) in [5, 5.41) is 3.01. The van der Waals surface area contributed by atoms with Crippen LogP contribution >= 0.6 is 0 Å². The Hall–Kier alpha value is -3.60. The van der Waals surface area contributed by atoms with Gasteiger partial charge in [0.2, 0.25) is 21.8 Å². The molecule has 0 unspecified atom stereocenters. The molecule has 2 amide bonds. The highest BCUT2D eigenvalue weighted by Crippen LogP contribution is 2.22. The van der Waals surface area contributed by atoms with Crippen LogP contribution in [-0.2, 0) is 43.7 Å². The van der Waals surface area contributed by atoms with Gasteiger partial charge in [-0.2, -0.15) is 4.31 Å². The highest BCUT2D eigenvalue weighted by atomic mass is 32.2. The minimum Gasteiger partial charge on any atom is -0.376 e. The summed E-state index contributed by atoms with van der Waals surface area (Å²) in [5.74, 6) is -0.871. The largest absolute Gasteiger partial charge is 0.376 e. The molecule has 2 aliphatic rings. The molecule has 2 heterocycles. The first-order valence-electron chi connectivity index (χ1n) is 15.4. The molecule has 0 aromatic heterocycles. The lowest BCUT2D eigenvalue weighted by molar-refractivity contribution is -0.141. The Morgan fingerprint density at radius 3 is 2.25 bits per heavy atom. The third-order valence-electron chi connectivity index (χ3n) is 8.32. The van der Waals surface area contributed by atoms with Crippen LogP contribution in [0.25, 0.3) is 0 Å². The number of benzene rings is 3. The predicted octanol–water partition coefficient (Wildman–Crippen LogP) is 4.48. The summed E-state index contributed by atoms with van der Waals surface area (Å²) < 4.78 is 46.7. The lowest BCUT2D eigenvalue weighted by atomic mass is 10.0. The molecule has 0 spiro atoms. The van der Waals surface area contributed by atoms with Gasteiger partial charge in [-0.25, -0.2) is 12.8 Å². The first-order chi connectivity index (χ1) is 21.3. The van der Waals surface area contributed by atoms with Crippen LogP contribution in [0.3, 0.4) is 0 Å². The van der Waals surface area contributed by atoms with E-state index >= 15 is 0 Å². The number of nitrogens with zero attached hydrogens (tertiary/aromatic N) is 2. The molecule has 44 heavy (non-hydrogen) atoms. The molecular formula is C34H40FN3O5S. The van der Waals surface area contributed by atoms with Gasteiger partial charge >= 0.3 is 0 Å². The number of rotatable bonds is 13. The van der Waals surface area contributed by atoms with Gasteiger partial charge in [-0.15, -0.1) is 0 Å². The van der Waals surface area contributed by atoms with Crippen LogP contribution in [0.1, 0.15) is 48.8 Å². The van der Waals surface area contributed by atoms with Crippen molar-refractivity contribution in [3.63, 3.8) is 0 Å². The molecule has 2 fully saturated rings. The average molecular weight is 622 g/mol. The van der Waals surface area contributed by atoms with Gasteiger partial charge in [0, 0.05) is 45.6 Å². The van der Waals surface area contributed by atoms with Gasteiger partial charge in [0.1, 0.15) is 11.9 Å². The van der Waals surface area contributed by atoms with E-state index < -0.39 is 16.1 Å². The Labute approximate surface area is 259 Å². The lowest BCUT2D eigenvalue weighted by Gasteiger charge is -2.32. The van der Waals surface area contributed by atoms with E-state index in [0.717, 1.165) is 36.8 Å². The van der Waals surface area contributed by atoms with E-state index in [1.807, 2.05) is 30.3 Å². The van der Waals surface area contributed by atoms with E-state index in [2.05, 4.69) is 5.32 Å². The second-order valence-corrected chi connectivity index (χ2v) is 13.4. The smallest absolute Gasteiger partial charge is 0.243 e. The molecule has 0 aliphatic carbocycles. The lowest BCUT2D eigenvalue weighted by Crippen LogP contribution is -2.51. The fourth-order valence-electron chi connectivity index (χ4n) is 5.78. The maximum atomic E-state index is 13.9. The number of ether oxygens (including phenoxy) is 1. The molecule has 5 rings (SSSR count). The van der Waals surface area contributed by atoms with Crippen LogP contribution in [0, 0.1) is 5.82 Å². The fraction of sp³-hybridized carbons (Fsp3) is 0.412. The first kappa shape index (κ1) is 31.8. The third kappa shape index (κ3) is 8.31.